The molecule has 0 aliphatic carbocycles. The van der Waals surface area contributed by atoms with Crippen molar-refractivity contribution < 1.29 is 9.53 Å². The van der Waals surface area contributed by atoms with E-state index in [2.05, 4.69) is 49.3 Å². The molecule has 1 aromatic carbocycles. The van der Waals surface area contributed by atoms with Gasteiger partial charge < -0.3 is 15.4 Å². The highest BCUT2D eigenvalue weighted by atomic mass is 16.5. The molecule has 0 radical (unpaired) electrons. The van der Waals surface area contributed by atoms with Crippen molar-refractivity contribution in [3.63, 3.8) is 0 Å². The van der Waals surface area contributed by atoms with E-state index >= 15 is 0 Å². The number of amides is 2. The molecule has 1 atom stereocenters. The molecule has 0 saturated carbocycles. The lowest BCUT2D eigenvalue weighted by Crippen LogP contribution is -2.51. The van der Waals surface area contributed by atoms with Crippen molar-refractivity contribution in [2.45, 2.75) is 39.7 Å². The number of nitrogens with one attached hydrogen (secondary N) is 2. The molecule has 1 unspecified atom stereocenters. The van der Waals surface area contributed by atoms with Crippen LogP contribution in [0.5, 0.6) is 0 Å². The fraction of sp³-hybridized carbons (Fsp3) is 0.632. The quantitative estimate of drug-likeness (QED) is 0.840. The molecule has 1 fully saturated rings. The van der Waals surface area contributed by atoms with E-state index in [9.17, 15) is 4.79 Å². The molecule has 134 valence electrons. The molecule has 1 aliphatic heterocycles. The molecule has 1 aliphatic rings. The maximum absolute atomic E-state index is 12.3. The second kappa shape index (κ2) is 9.04. The fourth-order valence-corrected chi connectivity index (χ4v) is 3.17. The molecule has 0 bridgehead atoms. The molecule has 0 aromatic heterocycles. The number of morpholine rings is 1. The zero-order valence-corrected chi connectivity index (χ0v) is 15.3. The van der Waals surface area contributed by atoms with Gasteiger partial charge in [-0.05, 0) is 23.5 Å². The van der Waals surface area contributed by atoms with E-state index in [-0.39, 0.29) is 6.03 Å². The Bertz CT molecular complexity index is 525. The lowest BCUT2D eigenvalue weighted by Gasteiger charge is -2.36. The van der Waals surface area contributed by atoms with Gasteiger partial charge in [0.15, 0.2) is 0 Å². The summed E-state index contributed by atoms with van der Waals surface area (Å²) in [5.41, 5.74) is 2.04. The third-order valence-corrected chi connectivity index (χ3v) is 4.59. The summed E-state index contributed by atoms with van der Waals surface area (Å²) in [5.74, 6) is 0.851. The lowest BCUT2D eigenvalue weighted by atomic mass is 10.0. The van der Waals surface area contributed by atoms with Crippen LogP contribution in [0.15, 0.2) is 24.3 Å². The molecular weight excluding hydrogens is 302 g/mol. The molecule has 5 heteroatoms. The van der Waals surface area contributed by atoms with Gasteiger partial charge in [-0.25, -0.2) is 4.79 Å². The van der Waals surface area contributed by atoms with Crippen LogP contribution in [0, 0.1) is 5.92 Å². The maximum Gasteiger partial charge on any atom is 0.319 e. The van der Waals surface area contributed by atoms with E-state index in [1.165, 1.54) is 0 Å². The zero-order chi connectivity index (χ0) is 17.5. The number of urea groups is 1. The highest BCUT2D eigenvalue weighted by molar-refractivity contribution is 5.90. The number of hydrogen-bond acceptors (Lipinski definition) is 3. The van der Waals surface area contributed by atoms with E-state index in [1.807, 2.05) is 18.2 Å². The number of carbonyl (C=O) groups is 1. The maximum atomic E-state index is 12.3. The van der Waals surface area contributed by atoms with E-state index in [1.54, 1.807) is 0 Å². The second-order valence-electron chi connectivity index (χ2n) is 7.04. The summed E-state index contributed by atoms with van der Waals surface area (Å²) in [6.45, 7) is 12.7. The van der Waals surface area contributed by atoms with Crippen molar-refractivity contribution in [3.05, 3.63) is 29.8 Å². The number of rotatable bonds is 6. The average Bonchev–Trinajstić information content (AvgIpc) is 2.56. The first kappa shape index (κ1) is 18.7. The Balaban J connectivity index is 1.91. The SMILES string of the molecule is CC(C)c1ccccc1NC(=O)NCC(C(C)C)N1CCOCC1. The minimum atomic E-state index is -0.137. The molecule has 2 amide bonds. The number of hydrogen-bond donors (Lipinski definition) is 2. The van der Waals surface area contributed by atoms with Crippen LogP contribution in [0.25, 0.3) is 0 Å². The zero-order valence-electron chi connectivity index (χ0n) is 15.3. The van der Waals surface area contributed by atoms with Crippen LogP contribution in [0.3, 0.4) is 0 Å². The molecule has 1 aromatic rings. The molecule has 0 spiro atoms. The number of carbonyl (C=O) groups excluding carboxylic acids is 1. The van der Waals surface area contributed by atoms with E-state index in [4.69, 9.17) is 4.74 Å². The van der Waals surface area contributed by atoms with Crippen molar-refractivity contribution in [2.24, 2.45) is 5.92 Å². The van der Waals surface area contributed by atoms with Crippen molar-refractivity contribution in [1.29, 1.82) is 0 Å². The smallest absolute Gasteiger partial charge is 0.319 e. The van der Waals surface area contributed by atoms with Gasteiger partial charge in [-0.2, -0.15) is 0 Å². The third-order valence-electron chi connectivity index (χ3n) is 4.59. The minimum Gasteiger partial charge on any atom is -0.379 e. The normalized spacial score (nSPS) is 17.1. The van der Waals surface area contributed by atoms with Gasteiger partial charge in [0.25, 0.3) is 0 Å². The first-order valence-corrected chi connectivity index (χ1v) is 8.94. The second-order valence-corrected chi connectivity index (χ2v) is 7.04. The minimum absolute atomic E-state index is 0.137. The van der Waals surface area contributed by atoms with Gasteiger partial charge in [-0.15, -0.1) is 0 Å². The van der Waals surface area contributed by atoms with Crippen LogP contribution in [0.1, 0.15) is 39.2 Å². The third kappa shape index (κ3) is 5.21. The predicted molar refractivity (Wildman–Crippen MR) is 98.6 cm³/mol. The highest BCUT2D eigenvalue weighted by Crippen LogP contribution is 2.23. The predicted octanol–water partition coefficient (Wildman–Crippen LogP) is 3.29. The monoisotopic (exact) mass is 333 g/mol. The highest BCUT2D eigenvalue weighted by Gasteiger charge is 2.24. The summed E-state index contributed by atoms with van der Waals surface area (Å²) in [6.07, 6.45) is 0. The number of ether oxygens (including phenoxy) is 1. The van der Waals surface area contributed by atoms with Gasteiger partial charge in [-0.3, -0.25) is 4.90 Å². The molecule has 1 saturated heterocycles. The number of benzene rings is 1. The van der Waals surface area contributed by atoms with Crippen LogP contribution < -0.4 is 10.6 Å². The van der Waals surface area contributed by atoms with Crippen molar-refractivity contribution in [3.8, 4) is 0 Å². The standard InChI is InChI=1S/C19H31N3O2/c1-14(2)16-7-5-6-8-17(16)21-19(23)20-13-18(15(3)4)22-9-11-24-12-10-22/h5-8,14-15,18H,9-13H2,1-4H3,(H2,20,21,23). The molecule has 1 heterocycles. The fourth-order valence-electron chi connectivity index (χ4n) is 3.17. The van der Waals surface area contributed by atoms with E-state index in [0.29, 0.717) is 24.4 Å². The van der Waals surface area contributed by atoms with Gasteiger partial charge in [0.2, 0.25) is 0 Å². The molecule has 5 nitrogen and oxygen atoms in total. The Morgan fingerprint density at radius 3 is 2.46 bits per heavy atom. The molecule has 2 rings (SSSR count). The van der Waals surface area contributed by atoms with Crippen LogP contribution in [-0.2, 0) is 4.74 Å². The van der Waals surface area contributed by atoms with Crippen molar-refractivity contribution >= 4 is 11.7 Å². The van der Waals surface area contributed by atoms with Gasteiger partial charge >= 0.3 is 6.03 Å². The number of anilines is 1. The Hall–Kier alpha value is -1.59. The van der Waals surface area contributed by atoms with Crippen LogP contribution in [0.2, 0.25) is 0 Å². The van der Waals surface area contributed by atoms with Crippen LogP contribution in [0.4, 0.5) is 10.5 Å². The van der Waals surface area contributed by atoms with Gasteiger partial charge in [-0.1, -0.05) is 45.9 Å². The molecule has 2 N–H and O–H groups in total. The number of nitrogens with zero attached hydrogens (tertiary/aromatic N) is 1. The Morgan fingerprint density at radius 1 is 1.17 bits per heavy atom. The van der Waals surface area contributed by atoms with Crippen LogP contribution in [-0.4, -0.2) is 49.8 Å². The van der Waals surface area contributed by atoms with E-state index < -0.39 is 0 Å². The molecular formula is C19H31N3O2. The van der Waals surface area contributed by atoms with Crippen molar-refractivity contribution in [1.82, 2.24) is 10.2 Å². The summed E-state index contributed by atoms with van der Waals surface area (Å²) in [5, 5.41) is 6.04. The topological polar surface area (TPSA) is 53.6 Å². The van der Waals surface area contributed by atoms with E-state index in [0.717, 1.165) is 37.6 Å². The number of para-hydroxylation sites is 1. The lowest BCUT2D eigenvalue weighted by molar-refractivity contribution is 0.00728. The summed E-state index contributed by atoms with van der Waals surface area (Å²) in [6, 6.07) is 8.17. The largest absolute Gasteiger partial charge is 0.379 e. The molecule has 24 heavy (non-hydrogen) atoms. The summed E-state index contributed by atoms with van der Waals surface area (Å²) in [7, 11) is 0. The van der Waals surface area contributed by atoms with Crippen molar-refractivity contribution in [2.75, 3.05) is 38.2 Å². The van der Waals surface area contributed by atoms with Gasteiger partial charge in [0.05, 0.1) is 13.2 Å². The summed E-state index contributed by atoms with van der Waals surface area (Å²) >= 11 is 0. The van der Waals surface area contributed by atoms with Gasteiger partial charge in [0, 0.05) is 31.4 Å². The first-order chi connectivity index (χ1) is 11.5. The Labute approximate surface area is 145 Å². The Kier molecular flexibility index (Phi) is 7.06. The summed E-state index contributed by atoms with van der Waals surface area (Å²) < 4.78 is 5.43. The van der Waals surface area contributed by atoms with Crippen LogP contribution >= 0.6 is 0 Å². The first-order valence-electron chi connectivity index (χ1n) is 8.94. The average molecular weight is 333 g/mol. The summed E-state index contributed by atoms with van der Waals surface area (Å²) in [4.78, 5) is 14.7. The Morgan fingerprint density at radius 2 is 1.83 bits per heavy atom. The van der Waals surface area contributed by atoms with Gasteiger partial charge in [0.1, 0.15) is 0 Å².